The number of methoxy groups -OCH3 is 2. The van der Waals surface area contributed by atoms with E-state index in [-0.39, 0.29) is 24.5 Å². The van der Waals surface area contributed by atoms with Gasteiger partial charge in [0.15, 0.2) is 11.5 Å². The Morgan fingerprint density at radius 3 is 2.46 bits per heavy atom. The Hall–Kier alpha value is -4.47. The van der Waals surface area contributed by atoms with Crippen LogP contribution in [-0.2, 0) is 12.6 Å². The lowest BCUT2D eigenvalue weighted by atomic mass is 9.91. The van der Waals surface area contributed by atoms with Crippen LogP contribution < -0.4 is 19.8 Å². The summed E-state index contributed by atoms with van der Waals surface area (Å²) in [7, 11) is 3.00. The molecule has 5 rings (SSSR count). The number of amides is 1. The highest BCUT2D eigenvalue weighted by molar-refractivity contribution is 5.95. The third-order valence-electron chi connectivity index (χ3n) is 6.71. The largest absolute Gasteiger partial charge is 0.493 e. The van der Waals surface area contributed by atoms with Gasteiger partial charge in [-0.1, -0.05) is 18.2 Å². The Balaban J connectivity index is 1.56. The maximum Gasteiger partial charge on any atom is 0.416 e. The van der Waals surface area contributed by atoms with Crippen LogP contribution in [0.4, 0.5) is 13.2 Å². The standard InChI is InChI=1S/C29H24F3NO6/c1-36-25-13-17-10-11-33(28(35)18-6-5-7-19(12-18)29(30,31)32)22(21(17)14-26(25)37-2)16-38-24-15-27(34)39-23-9-4-3-8-20(23)24/h3-9,12-15,22H,10-11,16H2,1-2H3. The van der Waals surface area contributed by atoms with Crippen molar-refractivity contribution < 1.29 is 36.6 Å². The molecule has 1 aliphatic rings. The third-order valence-corrected chi connectivity index (χ3v) is 6.71. The van der Waals surface area contributed by atoms with Crippen molar-refractivity contribution in [2.24, 2.45) is 0 Å². The summed E-state index contributed by atoms with van der Waals surface area (Å²) in [6.45, 7) is 0.143. The Morgan fingerprint density at radius 2 is 1.72 bits per heavy atom. The average molecular weight is 540 g/mol. The zero-order valence-corrected chi connectivity index (χ0v) is 21.1. The van der Waals surface area contributed by atoms with Crippen LogP contribution in [0.2, 0.25) is 0 Å². The smallest absolute Gasteiger partial charge is 0.416 e. The molecular formula is C29H24F3NO6. The van der Waals surface area contributed by atoms with Crippen LogP contribution in [0.25, 0.3) is 11.0 Å². The van der Waals surface area contributed by atoms with E-state index in [4.69, 9.17) is 18.6 Å². The summed E-state index contributed by atoms with van der Waals surface area (Å²) in [5.41, 5.74) is 0.318. The minimum absolute atomic E-state index is 0.0827. The first-order chi connectivity index (χ1) is 18.7. The van der Waals surface area contributed by atoms with Gasteiger partial charge < -0.3 is 23.5 Å². The topological polar surface area (TPSA) is 78.2 Å². The monoisotopic (exact) mass is 539 g/mol. The molecule has 0 N–H and O–H groups in total. The molecular weight excluding hydrogens is 515 g/mol. The summed E-state index contributed by atoms with van der Waals surface area (Å²) in [6, 6.07) is 15.3. The number of rotatable bonds is 6. The lowest BCUT2D eigenvalue weighted by Gasteiger charge is -2.37. The van der Waals surface area contributed by atoms with Crippen LogP contribution in [0, 0.1) is 0 Å². The van der Waals surface area contributed by atoms with Crippen LogP contribution >= 0.6 is 0 Å². The minimum atomic E-state index is -4.59. The number of carbonyl (C=O) groups is 1. The summed E-state index contributed by atoms with van der Waals surface area (Å²) in [5, 5.41) is 0.566. The van der Waals surface area contributed by atoms with Gasteiger partial charge in [-0.05, 0) is 60.0 Å². The van der Waals surface area contributed by atoms with Gasteiger partial charge in [-0.3, -0.25) is 4.79 Å². The van der Waals surface area contributed by atoms with E-state index in [9.17, 15) is 22.8 Å². The number of ether oxygens (including phenoxy) is 3. The van der Waals surface area contributed by atoms with E-state index in [0.717, 1.165) is 17.7 Å². The average Bonchev–Trinajstić information content (AvgIpc) is 2.94. The van der Waals surface area contributed by atoms with Gasteiger partial charge in [0.2, 0.25) is 0 Å². The van der Waals surface area contributed by atoms with Crippen LogP contribution in [0.5, 0.6) is 17.2 Å². The number of benzene rings is 3. The molecule has 3 aromatic carbocycles. The number of carbonyl (C=O) groups excluding carboxylic acids is 1. The molecule has 0 spiro atoms. The van der Waals surface area contributed by atoms with Crippen molar-refractivity contribution in [3.05, 3.63) is 99.4 Å². The summed E-state index contributed by atoms with van der Waals surface area (Å²) in [6.07, 6.45) is -4.15. The van der Waals surface area contributed by atoms with E-state index in [1.807, 2.05) is 6.07 Å². The molecule has 1 aromatic heterocycles. The van der Waals surface area contributed by atoms with Crippen molar-refractivity contribution in [3.8, 4) is 17.2 Å². The van der Waals surface area contributed by atoms with Gasteiger partial charge in [0.05, 0.1) is 37.3 Å². The van der Waals surface area contributed by atoms with Gasteiger partial charge in [-0.2, -0.15) is 13.2 Å². The van der Waals surface area contributed by atoms with E-state index < -0.39 is 29.3 Å². The zero-order chi connectivity index (χ0) is 27.7. The van der Waals surface area contributed by atoms with Crippen LogP contribution in [0.1, 0.15) is 33.1 Å². The predicted octanol–water partition coefficient (Wildman–Crippen LogP) is 5.65. The number of alkyl halides is 3. The molecule has 10 heteroatoms. The second-order valence-corrected chi connectivity index (χ2v) is 8.99. The fourth-order valence-corrected chi connectivity index (χ4v) is 4.82. The quantitative estimate of drug-likeness (QED) is 0.295. The predicted molar refractivity (Wildman–Crippen MR) is 136 cm³/mol. The second-order valence-electron chi connectivity index (χ2n) is 8.99. The van der Waals surface area contributed by atoms with Crippen LogP contribution in [0.15, 0.2) is 75.9 Å². The molecule has 39 heavy (non-hydrogen) atoms. The van der Waals surface area contributed by atoms with Crippen LogP contribution in [0.3, 0.4) is 0 Å². The number of nitrogens with zero attached hydrogens (tertiary/aromatic N) is 1. The highest BCUT2D eigenvalue weighted by Gasteiger charge is 2.35. The molecule has 1 atom stereocenters. The third kappa shape index (κ3) is 5.14. The van der Waals surface area contributed by atoms with Crippen molar-refractivity contribution in [1.29, 1.82) is 0 Å². The van der Waals surface area contributed by atoms with Gasteiger partial charge in [0.25, 0.3) is 5.91 Å². The molecule has 0 bridgehead atoms. The molecule has 7 nitrogen and oxygen atoms in total. The number of fused-ring (bicyclic) bond motifs is 2. The Labute approximate surface area is 221 Å². The lowest BCUT2D eigenvalue weighted by Crippen LogP contribution is -2.42. The van der Waals surface area contributed by atoms with Crippen molar-refractivity contribution in [3.63, 3.8) is 0 Å². The number of halogens is 3. The van der Waals surface area contributed by atoms with Gasteiger partial charge in [-0.25, -0.2) is 4.79 Å². The van der Waals surface area contributed by atoms with Crippen LogP contribution in [-0.4, -0.2) is 38.2 Å². The molecule has 0 radical (unpaired) electrons. The highest BCUT2D eigenvalue weighted by atomic mass is 19.4. The molecule has 202 valence electrons. The first-order valence-electron chi connectivity index (χ1n) is 12.1. The van der Waals surface area contributed by atoms with E-state index in [0.29, 0.717) is 34.5 Å². The maximum absolute atomic E-state index is 13.6. The Bertz CT molecular complexity index is 1600. The molecule has 0 saturated carbocycles. The van der Waals surface area contributed by atoms with E-state index in [1.165, 1.54) is 37.3 Å². The number of para-hydroxylation sites is 1. The highest BCUT2D eigenvalue weighted by Crippen LogP contribution is 2.39. The molecule has 1 aliphatic heterocycles. The fourth-order valence-electron chi connectivity index (χ4n) is 4.82. The second kappa shape index (κ2) is 10.4. The molecule has 0 aliphatic carbocycles. The first kappa shape index (κ1) is 26.1. The van der Waals surface area contributed by atoms with Gasteiger partial charge in [0, 0.05) is 12.1 Å². The van der Waals surface area contributed by atoms with Gasteiger partial charge in [-0.15, -0.1) is 0 Å². The fraction of sp³-hybridized carbons (Fsp3) is 0.241. The molecule has 1 amide bonds. The first-order valence-corrected chi connectivity index (χ1v) is 12.1. The number of hydrogen-bond acceptors (Lipinski definition) is 6. The normalized spacial score (nSPS) is 15.1. The van der Waals surface area contributed by atoms with Crippen molar-refractivity contribution >= 4 is 16.9 Å². The number of hydrogen-bond donors (Lipinski definition) is 0. The molecule has 4 aromatic rings. The van der Waals surface area contributed by atoms with Crippen molar-refractivity contribution in [2.45, 2.75) is 18.6 Å². The summed E-state index contributed by atoms with van der Waals surface area (Å²) in [4.78, 5) is 27.3. The van der Waals surface area contributed by atoms with Crippen molar-refractivity contribution in [2.75, 3.05) is 27.4 Å². The molecule has 0 saturated heterocycles. The summed E-state index contributed by atoms with van der Waals surface area (Å²) in [5.74, 6) is 0.633. The van der Waals surface area contributed by atoms with Gasteiger partial charge >= 0.3 is 11.8 Å². The zero-order valence-electron chi connectivity index (χ0n) is 21.1. The van der Waals surface area contributed by atoms with E-state index in [1.54, 1.807) is 30.3 Å². The summed E-state index contributed by atoms with van der Waals surface area (Å²) < 4.78 is 62.4. The van der Waals surface area contributed by atoms with Gasteiger partial charge in [0.1, 0.15) is 17.9 Å². The Morgan fingerprint density at radius 1 is 0.974 bits per heavy atom. The summed E-state index contributed by atoms with van der Waals surface area (Å²) >= 11 is 0. The SMILES string of the molecule is COc1cc2c(cc1OC)C(COc1cc(=O)oc3ccccc13)N(C(=O)c1cccc(C(F)(F)F)c1)CC2. The molecule has 0 fully saturated rings. The van der Waals surface area contributed by atoms with E-state index >= 15 is 0 Å². The Kier molecular flexibility index (Phi) is 6.94. The molecule has 1 unspecified atom stereocenters. The minimum Gasteiger partial charge on any atom is -0.493 e. The molecule has 2 heterocycles. The van der Waals surface area contributed by atoms with Crippen molar-refractivity contribution in [1.82, 2.24) is 4.90 Å². The van der Waals surface area contributed by atoms with E-state index in [2.05, 4.69) is 0 Å². The lowest BCUT2D eigenvalue weighted by molar-refractivity contribution is -0.137. The maximum atomic E-state index is 13.6.